The van der Waals surface area contributed by atoms with E-state index in [1.807, 2.05) is 6.07 Å². The Labute approximate surface area is 117 Å². The number of nitrogens with two attached hydrogens (primary N) is 1. The monoisotopic (exact) mass is 280 g/mol. The lowest BCUT2D eigenvalue weighted by atomic mass is 9.77. The van der Waals surface area contributed by atoms with Crippen molar-refractivity contribution in [3.05, 3.63) is 35.9 Å². The Hall–Kier alpha value is -1.92. The number of aliphatic hydroxyl groups is 1. The molecule has 1 unspecified atom stereocenters. The van der Waals surface area contributed by atoms with Crippen LogP contribution in [0.5, 0.6) is 0 Å². The number of rotatable bonds is 7. The first-order valence-corrected chi connectivity index (χ1v) is 6.32. The minimum absolute atomic E-state index is 0.0454. The first-order valence-electron chi connectivity index (χ1n) is 6.32. The Morgan fingerprint density at radius 3 is 2.50 bits per heavy atom. The summed E-state index contributed by atoms with van der Waals surface area (Å²) in [7, 11) is 1.27. The van der Waals surface area contributed by atoms with E-state index in [2.05, 4.69) is 5.32 Å². The highest BCUT2D eigenvalue weighted by molar-refractivity contribution is 5.90. The van der Waals surface area contributed by atoms with Crippen LogP contribution in [0.1, 0.15) is 12.0 Å². The van der Waals surface area contributed by atoms with Gasteiger partial charge in [0.1, 0.15) is 5.41 Å². The summed E-state index contributed by atoms with van der Waals surface area (Å²) in [4.78, 5) is 24.0. The van der Waals surface area contributed by atoms with E-state index in [0.29, 0.717) is 5.56 Å². The summed E-state index contributed by atoms with van der Waals surface area (Å²) in [6.07, 6.45) is -0.125. The number of amides is 1. The van der Waals surface area contributed by atoms with Gasteiger partial charge >= 0.3 is 5.97 Å². The van der Waals surface area contributed by atoms with Crippen LogP contribution in [-0.4, -0.2) is 43.8 Å². The molecular weight excluding hydrogens is 260 g/mol. The number of benzene rings is 1. The molecule has 0 aliphatic carbocycles. The highest BCUT2D eigenvalue weighted by atomic mass is 16.5. The van der Waals surface area contributed by atoms with Gasteiger partial charge in [0.25, 0.3) is 0 Å². The molecular formula is C14H20N2O4. The molecule has 6 heteroatoms. The molecule has 1 atom stereocenters. The maximum atomic E-state index is 12.1. The number of ether oxygens (including phenoxy) is 1. The molecule has 110 valence electrons. The third kappa shape index (κ3) is 3.55. The van der Waals surface area contributed by atoms with Gasteiger partial charge in [-0.2, -0.15) is 0 Å². The van der Waals surface area contributed by atoms with Crippen LogP contribution in [-0.2, 0) is 19.7 Å². The van der Waals surface area contributed by atoms with E-state index in [4.69, 9.17) is 15.6 Å². The van der Waals surface area contributed by atoms with Crippen molar-refractivity contribution in [2.24, 2.45) is 5.73 Å². The summed E-state index contributed by atoms with van der Waals surface area (Å²) >= 11 is 0. The normalized spacial score (nSPS) is 13.3. The van der Waals surface area contributed by atoms with Gasteiger partial charge in [-0.25, -0.2) is 0 Å². The van der Waals surface area contributed by atoms with Crippen LogP contribution < -0.4 is 11.1 Å². The third-order valence-corrected chi connectivity index (χ3v) is 3.15. The van der Waals surface area contributed by atoms with Gasteiger partial charge in [0, 0.05) is 19.5 Å². The van der Waals surface area contributed by atoms with Gasteiger partial charge in [-0.3, -0.25) is 9.59 Å². The molecule has 0 fully saturated rings. The van der Waals surface area contributed by atoms with E-state index in [9.17, 15) is 9.59 Å². The minimum atomic E-state index is -1.21. The first kappa shape index (κ1) is 16.1. The van der Waals surface area contributed by atoms with Crippen LogP contribution in [0.2, 0.25) is 0 Å². The average molecular weight is 280 g/mol. The number of hydrogen-bond acceptors (Lipinski definition) is 5. The minimum Gasteiger partial charge on any atom is -0.468 e. The van der Waals surface area contributed by atoms with Gasteiger partial charge in [0.2, 0.25) is 5.91 Å². The van der Waals surface area contributed by atoms with Crippen molar-refractivity contribution in [3.63, 3.8) is 0 Å². The Bertz CT molecular complexity index is 450. The zero-order valence-electron chi connectivity index (χ0n) is 11.5. The number of nitrogens with one attached hydrogen (secondary N) is 1. The summed E-state index contributed by atoms with van der Waals surface area (Å²) in [5.41, 5.74) is 5.18. The summed E-state index contributed by atoms with van der Waals surface area (Å²) in [6.45, 7) is -0.0728. The molecule has 1 aromatic rings. The van der Waals surface area contributed by atoms with E-state index in [-0.39, 0.29) is 32.0 Å². The second kappa shape index (κ2) is 7.62. The van der Waals surface area contributed by atoms with Gasteiger partial charge in [0.15, 0.2) is 0 Å². The van der Waals surface area contributed by atoms with E-state index >= 15 is 0 Å². The van der Waals surface area contributed by atoms with Crippen LogP contribution in [0.25, 0.3) is 0 Å². The van der Waals surface area contributed by atoms with Crippen molar-refractivity contribution in [2.45, 2.75) is 11.8 Å². The van der Waals surface area contributed by atoms with Gasteiger partial charge in [-0.1, -0.05) is 30.3 Å². The van der Waals surface area contributed by atoms with Crippen molar-refractivity contribution in [2.75, 3.05) is 26.8 Å². The molecule has 1 amide bonds. The number of methoxy groups -OCH3 is 1. The standard InChI is InChI=1S/C14H20N2O4/c1-20-13(19)14(10-15,9-12(18)16-7-8-17)11-5-3-2-4-6-11/h2-6,17H,7-10,15H2,1H3,(H,16,18). The quantitative estimate of drug-likeness (QED) is 0.587. The largest absolute Gasteiger partial charge is 0.468 e. The summed E-state index contributed by atoms with van der Waals surface area (Å²) < 4.78 is 4.82. The fourth-order valence-corrected chi connectivity index (χ4v) is 2.05. The topological polar surface area (TPSA) is 102 Å². The van der Waals surface area contributed by atoms with E-state index in [1.165, 1.54) is 7.11 Å². The Balaban J connectivity index is 3.07. The molecule has 1 rings (SSSR count). The van der Waals surface area contributed by atoms with Crippen LogP contribution in [0.4, 0.5) is 0 Å². The number of hydrogen-bond donors (Lipinski definition) is 3. The molecule has 0 aliphatic heterocycles. The van der Waals surface area contributed by atoms with Crippen LogP contribution in [0.15, 0.2) is 30.3 Å². The van der Waals surface area contributed by atoms with Gasteiger partial charge in [-0.15, -0.1) is 0 Å². The van der Waals surface area contributed by atoms with Gasteiger partial charge in [-0.05, 0) is 5.56 Å². The molecule has 0 spiro atoms. The Kier molecular flexibility index (Phi) is 6.14. The number of aliphatic hydroxyl groups excluding tert-OH is 1. The molecule has 20 heavy (non-hydrogen) atoms. The molecule has 0 aliphatic rings. The number of carbonyl (C=O) groups excluding carboxylic acids is 2. The summed E-state index contributed by atoms with van der Waals surface area (Å²) in [5.74, 6) is -0.913. The van der Waals surface area contributed by atoms with Crippen LogP contribution >= 0.6 is 0 Å². The molecule has 6 nitrogen and oxygen atoms in total. The van der Waals surface area contributed by atoms with Crippen molar-refractivity contribution in [1.82, 2.24) is 5.32 Å². The lowest BCUT2D eigenvalue weighted by molar-refractivity contribution is -0.149. The smallest absolute Gasteiger partial charge is 0.318 e. The summed E-state index contributed by atoms with van der Waals surface area (Å²) in [6, 6.07) is 8.84. The van der Waals surface area contributed by atoms with E-state index in [1.54, 1.807) is 24.3 Å². The highest BCUT2D eigenvalue weighted by Gasteiger charge is 2.42. The van der Waals surface area contributed by atoms with Gasteiger partial charge in [0.05, 0.1) is 13.7 Å². The number of esters is 1. The van der Waals surface area contributed by atoms with Crippen molar-refractivity contribution in [1.29, 1.82) is 0 Å². The zero-order chi connectivity index (χ0) is 15.0. The maximum Gasteiger partial charge on any atom is 0.318 e. The maximum absolute atomic E-state index is 12.1. The van der Waals surface area contributed by atoms with Crippen molar-refractivity contribution in [3.8, 4) is 0 Å². The lowest BCUT2D eigenvalue weighted by Gasteiger charge is -2.29. The van der Waals surface area contributed by atoms with Crippen molar-refractivity contribution >= 4 is 11.9 Å². The zero-order valence-corrected chi connectivity index (χ0v) is 11.5. The highest BCUT2D eigenvalue weighted by Crippen LogP contribution is 2.28. The third-order valence-electron chi connectivity index (χ3n) is 3.15. The molecule has 0 saturated heterocycles. The molecule has 4 N–H and O–H groups in total. The van der Waals surface area contributed by atoms with Crippen LogP contribution in [0, 0.1) is 0 Å². The van der Waals surface area contributed by atoms with E-state index in [0.717, 1.165) is 0 Å². The molecule has 0 heterocycles. The molecule has 1 aromatic carbocycles. The SMILES string of the molecule is COC(=O)C(CN)(CC(=O)NCCO)c1ccccc1. The van der Waals surface area contributed by atoms with Crippen LogP contribution in [0.3, 0.4) is 0 Å². The Morgan fingerprint density at radius 1 is 1.35 bits per heavy atom. The van der Waals surface area contributed by atoms with E-state index < -0.39 is 11.4 Å². The number of carbonyl (C=O) groups is 2. The molecule has 0 bridgehead atoms. The predicted molar refractivity (Wildman–Crippen MR) is 73.9 cm³/mol. The second-order valence-electron chi connectivity index (χ2n) is 4.39. The van der Waals surface area contributed by atoms with Crippen molar-refractivity contribution < 1.29 is 19.4 Å². The second-order valence-corrected chi connectivity index (χ2v) is 4.39. The average Bonchev–Trinajstić information content (AvgIpc) is 2.50. The molecule has 0 saturated carbocycles. The lowest BCUT2D eigenvalue weighted by Crippen LogP contribution is -2.47. The molecule has 0 radical (unpaired) electrons. The fourth-order valence-electron chi connectivity index (χ4n) is 2.05. The predicted octanol–water partition coefficient (Wildman–Crippen LogP) is -0.445. The molecule has 0 aromatic heterocycles. The first-order chi connectivity index (χ1) is 9.60. The summed E-state index contributed by atoms with van der Waals surface area (Å²) in [5, 5.41) is 11.2. The fraction of sp³-hybridized carbons (Fsp3) is 0.429. The Morgan fingerprint density at radius 2 is 2.00 bits per heavy atom. The van der Waals surface area contributed by atoms with Gasteiger partial charge < -0.3 is 20.9 Å².